The number of rotatable bonds is 12. The van der Waals surface area contributed by atoms with Crippen LogP contribution in [0.1, 0.15) is 36.0 Å². The lowest BCUT2D eigenvalue weighted by molar-refractivity contribution is -0.139. The number of hydrogen-bond donors (Lipinski definition) is 5. The zero-order chi connectivity index (χ0) is 22.1. The van der Waals surface area contributed by atoms with Crippen molar-refractivity contribution in [3.05, 3.63) is 33.4 Å². The minimum Gasteiger partial charge on any atom is -0.480 e. The molecule has 0 unspecified atom stereocenters. The van der Waals surface area contributed by atoms with E-state index in [9.17, 15) is 24.3 Å². The van der Waals surface area contributed by atoms with Crippen LogP contribution >= 0.6 is 22.6 Å². The molecule has 2 rings (SSSR count). The van der Waals surface area contributed by atoms with Crippen LogP contribution in [0.3, 0.4) is 0 Å². The van der Waals surface area contributed by atoms with Crippen molar-refractivity contribution in [1.29, 1.82) is 0 Å². The molecular weight excluding hydrogens is 509 g/mol. The third-order valence-corrected chi connectivity index (χ3v) is 5.14. The number of ether oxygens (including phenoxy) is 1. The molecule has 1 aromatic carbocycles. The number of carboxylic acid groups (broad SMARTS) is 2. The van der Waals surface area contributed by atoms with Gasteiger partial charge in [0.1, 0.15) is 12.1 Å². The van der Waals surface area contributed by atoms with Gasteiger partial charge in [-0.3, -0.25) is 4.79 Å². The lowest BCUT2D eigenvalue weighted by atomic mass is 10.1. The van der Waals surface area contributed by atoms with E-state index < -0.39 is 30.1 Å². The summed E-state index contributed by atoms with van der Waals surface area (Å²) in [7, 11) is 0. The van der Waals surface area contributed by atoms with Gasteiger partial charge in [-0.2, -0.15) is 0 Å². The average molecular weight is 533 g/mol. The van der Waals surface area contributed by atoms with Crippen LogP contribution in [0.15, 0.2) is 24.3 Å². The van der Waals surface area contributed by atoms with Gasteiger partial charge >= 0.3 is 18.0 Å². The number of carbonyl (C=O) groups excluding carboxylic acids is 2. The maximum Gasteiger partial charge on any atom is 0.326 e. The van der Waals surface area contributed by atoms with E-state index in [0.717, 1.165) is 3.57 Å². The summed E-state index contributed by atoms with van der Waals surface area (Å²) in [5, 5.41) is 25.7. The number of carbonyl (C=O) groups is 4. The van der Waals surface area contributed by atoms with Crippen molar-refractivity contribution in [2.45, 2.75) is 43.9 Å². The van der Waals surface area contributed by atoms with Gasteiger partial charge in [0.15, 0.2) is 0 Å². The monoisotopic (exact) mass is 533 g/mol. The molecule has 0 bridgehead atoms. The molecule has 30 heavy (non-hydrogen) atoms. The Morgan fingerprint density at radius 2 is 1.63 bits per heavy atom. The van der Waals surface area contributed by atoms with E-state index in [0.29, 0.717) is 31.6 Å². The van der Waals surface area contributed by atoms with Crippen LogP contribution in [0.4, 0.5) is 4.79 Å². The smallest absolute Gasteiger partial charge is 0.326 e. The summed E-state index contributed by atoms with van der Waals surface area (Å²) in [6.45, 7) is 0.816. The van der Waals surface area contributed by atoms with Gasteiger partial charge in [0.2, 0.25) is 0 Å². The Hall–Kier alpha value is -2.41. The van der Waals surface area contributed by atoms with E-state index in [2.05, 4.69) is 38.5 Å². The third kappa shape index (κ3) is 8.53. The summed E-state index contributed by atoms with van der Waals surface area (Å²) in [6.07, 6.45) is 1.05. The van der Waals surface area contributed by atoms with E-state index in [1.165, 1.54) is 0 Å². The second-order valence-electron chi connectivity index (χ2n) is 6.85. The van der Waals surface area contributed by atoms with Gasteiger partial charge in [0.25, 0.3) is 5.91 Å². The fraction of sp³-hybridized carbons (Fsp3) is 0.474. The first-order chi connectivity index (χ1) is 14.3. The molecule has 11 heteroatoms. The number of epoxide rings is 1. The summed E-state index contributed by atoms with van der Waals surface area (Å²) in [5.41, 5.74) is 0.543. The molecule has 3 atom stereocenters. The largest absolute Gasteiger partial charge is 0.480 e. The summed E-state index contributed by atoms with van der Waals surface area (Å²) >= 11 is 2.15. The van der Waals surface area contributed by atoms with Crippen LogP contribution in [-0.4, -0.2) is 65.4 Å². The number of amides is 3. The molecule has 0 aromatic heterocycles. The molecule has 0 radical (unpaired) electrons. The van der Waals surface area contributed by atoms with Crippen LogP contribution in [0.5, 0.6) is 0 Å². The maximum atomic E-state index is 12.0. The highest BCUT2D eigenvalue weighted by Gasteiger charge is 2.32. The molecule has 1 heterocycles. The quantitative estimate of drug-likeness (QED) is 0.153. The van der Waals surface area contributed by atoms with Crippen molar-refractivity contribution >= 4 is 46.5 Å². The molecule has 3 amide bonds. The van der Waals surface area contributed by atoms with Crippen molar-refractivity contribution in [2.75, 3.05) is 13.2 Å². The van der Waals surface area contributed by atoms with Crippen molar-refractivity contribution in [1.82, 2.24) is 16.0 Å². The molecule has 1 fully saturated rings. The number of benzene rings is 1. The van der Waals surface area contributed by atoms with Gasteiger partial charge in [0, 0.05) is 22.1 Å². The summed E-state index contributed by atoms with van der Waals surface area (Å²) < 4.78 is 5.98. The average Bonchev–Trinajstić information content (AvgIpc) is 3.50. The predicted molar refractivity (Wildman–Crippen MR) is 114 cm³/mol. The number of urea groups is 1. The second kappa shape index (κ2) is 11.7. The van der Waals surface area contributed by atoms with Gasteiger partial charge < -0.3 is 30.9 Å². The molecule has 1 aliphatic rings. The van der Waals surface area contributed by atoms with Gasteiger partial charge in [-0.1, -0.05) is 0 Å². The van der Waals surface area contributed by atoms with Gasteiger partial charge in [-0.05, 0) is 66.1 Å². The first-order valence-electron chi connectivity index (χ1n) is 9.44. The van der Waals surface area contributed by atoms with E-state index in [1.807, 2.05) is 12.1 Å². The highest BCUT2D eigenvalue weighted by molar-refractivity contribution is 14.1. The first-order valence-corrected chi connectivity index (χ1v) is 10.5. The predicted octanol–water partition coefficient (Wildman–Crippen LogP) is 1.19. The van der Waals surface area contributed by atoms with Crippen molar-refractivity contribution in [3.8, 4) is 0 Å². The molecule has 10 nitrogen and oxygen atoms in total. The van der Waals surface area contributed by atoms with Crippen LogP contribution in [0, 0.1) is 3.57 Å². The highest BCUT2D eigenvalue weighted by atomic mass is 127. The number of nitrogens with one attached hydrogen (secondary N) is 3. The molecular formula is C19H24IN3O7. The zero-order valence-electron chi connectivity index (χ0n) is 16.1. The van der Waals surface area contributed by atoms with Gasteiger partial charge in [-0.25, -0.2) is 14.4 Å². The Morgan fingerprint density at radius 3 is 2.20 bits per heavy atom. The number of hydrogen-bond acceptors (Lipinski definition) is 5. The van der Waals surface area contributed by atoms with E-state index in [1.54, 1.807) is 12.1 Å². The van der Waals surface area contributed by atoms with Gasteiger partial charge in [-0.15, -0.1) is 0 Å². The topological polar surface area (TPSA) is 157 Å². The third-order valence-electron chi connectivity index (χ3n) is 4.42. The lowest BCUT2D eigenvalue weighted by Gasteiger charge is -2.18. The summed E-state index contributed by atoms with van der Waals surface area (Å²) in [6, 6.07) is 3.93. The van der Waals surface area contributed by atoms with E-state index in [-0.39, 0.29) is 24.9 Å². The molecule has 0 saturated carbocycles. The Balaban J connectivity index is 1.69. The first kappa shape index (κ1) is 23.9. The summed E-state index contributed by atoms with van der Waals surface area (Å²) in [5.74, 6) is -2.64. The van der Waals surface area contributed by atoms with Crippen molar-refractivity contribution < 1.29 is 34.1 Å². The zero-order valence-corrected chi connectivity index (χ0v) is 18.3. The molecule has 0 spiro atoms. The Kier molecular flexibility index (Phi) is 9.30. The van der Waals surface area contributed by atoms with Crippen LogP contribution in [0.2, 0.25) is 0 Å². The number of aliphatic carboxylic acids is 2. The van der Waals surface area contributed by atoms with Crippen molar-refractivity contribution in [3.63, 3.8) is 0 Å². The van der Waals surface area contributed by atoms with E-state index in [4.69, 9.17) is 9.84 Å². The Morgan fingerprint density at radius 1 is 1.03 bits per heavy atom. The second-order valence-corrected chi connectivity index (χ2v) is 8.09. The number of carboxylic acids is 2. The normalized spacial score (nSPS) is 16.8. The minimum absolute atomic E-state index is 0.126. The molecule has 0 aliphatic carbocycles. The van der Waals surface area contributed by atoms with Crippen LogP contribution < -0.4 is 16.0 Å². The van der Waals surface area contributed by atoms with Gasteiger partial charge in [0.05, 0.1) is 12.7 Å². The Labute approximate surface area is 186 Å². The standard InChI is InChI=1S/C19H24IN3O7/c20-12-6-4-11(5-7-12)16(24)21-8-2-1-3-14(17(25)26)22-19(29)23-15(18(27)28)9-13-10-30-13/h4-7,13-15H,1-3,8-10H2,(H,21,24)(H,25,26)(H,27,28)(H2,22,23,29)/t13-,14-,15-/m0/s1. The molecule has 164 valence electrons. The SMILES string of the molecule is O=C(N[C@@H](CCCCNC(=O)c1ccc(I)cc1)C(=O)O)N[C@@H](C[C@H]1CO1)C(=O)O. The highest BCUT2D eigenvalue weighted by Crippen LogP contribution is 2.15. The molecule has 1 saturated heterocycles. The van der Waals surface area contributed by atoms with Crippen LogP contribution in [-0.2, 0) is 14.3 Å². The molecule has 1 aliphatic heterocycles. The van der Waals surface area contributed by atoms with E-state index >= 15 is 0 Å². The molecule has 5 N–H and O–H groups in total. The number of halogens is 1. The molecule has 1 aromatic rings. The Bertz CT molecular complexity index is 768. The minimum atomic E-state index is -1.22. The van der Waals surface area contributed by atoms with Crippen LogP contribution in [0.25, 0.3) is 0 Å². The maximum absolute atomic E-state index is 12.0. The number of unbranched alkanes of at least 4 members (excludes halogenated alkanes) is 1. The fourth-order valence-electron chi connectivity index (χ4n) is 2.68. The summed E-state index contributed by atoms with van der Waals surface area (Å²) in [4.78, 5) is 46.6. The lowest BCUT2D eigenvalue weighted by Crippen LogP contribution is -2.51. The van der Waals surface area contributed by atoms with Crippen molar-refractivity contribution in [2.24, 2.45) is 0 Å². The fourth-order valence-corrected chi connectivity index (χ4v) is 3.04.